The predicted molar refractivity (Wildman–Crippen MR) is 137 cm³/mol. The van der Waals surface area contributed by atoms with E-state index in [9.17, 15) is 14.7 Å². The number of aliphatic hydroxyl groups excluding tert-OH is 1. The van der Waals surface area contributed by atoms with Crippen LogP contribution in [0, 0.1) is 26.7 Å². The molecule has 1 aromatic heterocycles. The Hall–Kier alpha value is -3.45. The molecule has 1 aliphatic heterocycles. The number of nitrogens with zero attached hydrogens (tertiary/aromatic N) is 2. The minimum atomic E-state index is -0.700. The van der Waals surface area contributed by atoms with Crippen LogP contribution in [0.4, 0.5) is 0 Å². The summed E-state index contributed by atoms with van der Waals surface area (Å²) in [6, 6.07) is 14.6. The number of hydrogen-bond acceptors (Lipinski definition) is 6. The van der Waals surface area contributed by atoms with Gasteiger partial charge in [-0.05, 0) is 49.9 Å². The van der Waals surface area contributed by atoms with E-state index in [0.29, 0.717) is 23.1 Å². The molecule has 0 bridgehead atoms. The summed E-state index contributed by atoms with van der Waals surface area (Å²) < 4.78 is 5.77. The lowest BCUT2D eigenvalue weighted by Gasteiger charge is -2.27. The zero-order valence-corrected chi connectivity index (χ0v) is 21.5. The van der Waals surface area contributed by atoms with Crippen molar-refractivity contribution in [3.05, 3.63) is 92.1 Å². The van der Waals surface area contributed by atoms with Gasteiger partial charge in [0.15, 0.2) is 5.76 Å². The summed E-state index contributed by atoms with van der Waals surface area (Å²) in [7, 11) is 0. The number of benzene rings is 2. The number of amides is 1. The van der Waals surface area contributed by atoms with E-state index in [-0.39, 0.29) is 17.9 Å². The quantitative estimate of drug-likeness (QED) is 0.399. The van der Waals surface area contributed by atoms with E-state index in [1.54, 1.807) is 11.8 Å². The van der Waals surface area contributed by atoms with Crippen LogP contribution in [-0.2, 0) is 11.3 Å². The topological polar surface area (TPSA) is 79.7 Å². The van der Waals surface area contributed by atoms with Gasteiger partial charge < -0.3 is 14.7 Å². The van der Waals surface area contributed by atoms with Crippen molar-refractivity contribution < 1.29 is 19.4 Å². The van der Waals surface area contributed by atoms with Gasteiger partial charge >= 0.3 is 0 Å². The number of aliphatic hydroxyl groups is 1. The van der Waals surface area contributed by atoms with Gasteiger partial charge in [0.2, 0.25) is 5.78 Å². The molecule has 1 N–H and O–H groups in total. The molecule has 1 atom stereocenters. The van der Waals surface area contributed by atoms with E-state index >= 15 is 0 Å². The van der Waals surface area contributed by atoms with Crippen molar-refractivity contribution in [3.8, 4) is 5.75 Å². The van der Waals surface area contributed by atoms with Gasteiger partial charge in [0, 0.05) is 6.54 Å². The van der Waals surface area contributed by atoms with Crippen LogP contribution in [-0.4, -0.2) is 33.3 Å². The molecule has 1 unspecified atom stereocenters. The summed E-state index contributed by atoms with van der Waals surface area (Å²) in [6.45, 7) is 10.6. The first kappa shape index (κ1) is 24.7. The standard InChI is InChI=1S/C28H30N2O4S/c1-16(2)15-34-22-11-9-20(10-12-22)14-30-24(21-8-6-7-17(3)13-21)23(26(32)28(30)33)25(31)27-18(4)29-19(5)35-27/h6-13,16,24,32H,14-15H2,1-5H3. The average Bonchev–Trinajstić information content (AvgIpc) is 3.28. The van der Waals surface area contributed by atoms with E-state index in [0.717, 1.165) is 27.4 Å². The molecule has 7 heteroatoms. The van der Waals surface area contributed by atoms with Gasteiger partial charge in [-0.2, -0.15) is 0 Å². The van der Waals surface area contributed by atoms with Crippen LogP contribution in [0.2, 0.25) is 0 Å². The highest BCUT2D eigenvalue weighted by atomic mass is 32.1. The molecule has 3 aromatic rings. The lowest BCUT2D eigenvalue weighted by Crippen LogP contribution is -2.30. The van der Waals surface area contributed by atoms with Gasteiger partial charge in [-0.25, -0.2) is 4.98 Å². The maximum Gasteiger partial charge on any atom is 0.290 e. The molecule has 0 saturated carbocycles. The molecule has 2 aromatic carbocycles. The Bertz CT molecular complexity index is 1290. The van der Waals surface area contributed by atoms with Crippen LogP contribution < -0.4 is 4.74 Å². The Morgan fingerprint density at radius 3 is 2.46 bits per heavy atom. The second-order valence-electron chi connectivity index (χ2n) is 9.34. The van der Waals surface area contributed by atoms with Crippen molar-refractivity contribution in [1.82, 2.24) is 9.88 Å². The lowest BCUT2D eigenvalue weighted by atomic mass is 9.94. The van der Waals surface area contributed by atoms with Gasteiger partial charge in [0.25, 0.3) is 5.91 Å². The maximum absolute atomic E-state index is 13.6. The first-order valence-electron chi connectivity index (χ1n) is 11.7. The summed E-state index contributed by atoms with van der Waals surface area (Å²) in [5, 5.41) is 11.7. The Morgan fingerprint density at radius 2 is 1.86 bits per heavy atom. The fraction of sp³-hybridized carbons (Fsp3) is 0.321. The Morgan fingerprint density at radius 1 is 1.14 bits per heavy atom. The molecule has 182 valence electrons. The van der Waals surface area contributed by atoms with E-state index in [1.165, 1.54) is 11.3 Å². The molecule has 0 spiro atoms. The lowest BCUT2D eigenvalue weighted by molar-refractivity contribution is -0.130. The predicted octanol–water partition coefficient (Wildman–Crippen LogP) is 5.88. The van der Waals surface area contributed by atoms with E-state index in [4.69, 9.17) is 4.74 Å². The molecule has 35 heavy (non-hydrogen) atoms. The van der Waals surface area contributed by atoms with Gasteiger partial charge in [-0.15, -0.1) is 11.3 Å². The summed E-state index contributed by atoms with van der Waals surface area (Å²) in [6.07, 6.45) is 0. The summed E-state index contributed by atoms with van der Waals surface area (Å²) in [4.78, 5) is 33.3. The normalized spacial score (nSPS) is 15.9. The molecule has 2 heterocycles. The Balaban J connectivity index is 1.70. The number of carbonyl (C=O) groups is 2. The summed E-state index contributed by atoms with van der Waals surface area (Å²) in [5.74, 6) is -0.227. The third-order valence-corrected chi connectivity index (χ3v) is 6.95. The number of aryl methyl sites for hydroxylation is 3. The first-order chi connectivity index (χ1) is 16.7. The second kappa shape index (κ2) is 10.0. The average molecular weight is 491 g/mol. The van der Waals surface area contributed by atoms with Gasteiger partial charge in [0.05, 0.1) is 33.8 Å². The fourth-order valence-electron chi connectivity index (χ4n) is 4.25. The molecule has 0 saturated heterocycles. The molecule has 6 nitrogen and oxygen atoms in total. The monoisotopic (exact) mass is 490 g/mol. The van der Waals surface area contributed by atoms with Crippen molar-refractivity contribution in [3.63, 3.8) is 0 Å². The number of aromatic nitrogens is 1. The number of carbonyl (C=O) groups excluding carboxylic acids is 2. The van der Waals surface area contributed by atoms with Crippen molar-refractivity contribution in [2.75, 3.05) is 6.61 Å². The van der Waals surface area contributed by atoms with E-state index in [2.05, 4.69) is 18.8 Å². The summed E-state index contributed by atoms with van der Waals surface area (Å²) in [5.41, 5.74) is 3.36. The molecular weight excluding hydrogens is 460 g/mol. The minimum Gasteiger partial charge on any atom is -0.503 e. The molecule has 0 radical (unpaired) electrons. The molecule has 0 fully saturated rings. The zero-order chi connectivity index (χ0) is 25.3. The number of rotatable bonds is 8. The number of hydrogen-bond donors (Lipinski definition) is 1. The molecular formula is C28H30N2O4S. The van der Waals surface area contributed by atoms with Crippen LogP contribution in [0.25, 0.3) is 0 Å². The summed E-state index contributed by atoms with van der Waals surface area (Å²) >= 11 is 1.28. The molecule has 1 aliphatic rings. The van der Waals surface area contributed by atoms with Crippen LogP contribution in [0.1, 0.15) is 57.0 Å². The van der Waals surface area contributed by atoms with Gasteiger partial charge in [-0.1, -0.05) is 55.8 Å². The molecule has 1 amide bonds. The Kier molecular flexibility index (Phi) is 7.08. The maximum atomic E-state index is 13.6. The Labute approximate surface area is 209 Å². The highest BCUT2D eigenvalue weighted by Gasteiger charge is 2.44. The molecule has 0 aliphatic carbocycles. The van der Waals surface area contributed by atoms with Crippen molar-refractivity contribution >= 4 is 23.0 Å². The largest absolute Gasteiger partial charge is 0.503 e. The second-order valence-corrected chi connectivity index (χ2v) is 10.5. The number of Topliss-reactive ketones (excluding diaryl/α,β-unsaturated/α-hetero) is 1. The van der Waals surface area contributed by atoms with Gasteiger partial charge in [0.1, 0.15) is 5.75 Å². The van der Waals surface area contributed by atoms with Crippen molar-refractivity contribution in [2.45, 2.75) is 47.2 Å². The van der Waals surface area contributed by atoms with E-state index in [1.807, 2.05) is 62.4 Å². The third-order valence-electron chi connectivity index (χ3n) is 5.88. The van der Waals surface area contributed by atoms with Crippen LogP contribution in [0.5, 0.6) is 5.75 Å². The van der Waals surface area contributed by atoms with Crippen LogP contribution in [0.3, 0.4) is 0 Å². The zero-order valence-electron chi connectivity index (χ0n) is 20.7. The smallest absolute Gasteiger partial charge is 0.290 e. The number of ether oxygens (including phenoxy) is 1. The van der Waals surface area contributed by atoms with Crippen molar-refractivity contribution in [1.29, 1.82) is 0 Å². The highest BCUT2D eigenvalue weighted by molar-refractivity contribution is 7.14. The minimum absolute atomic E-state index is 0.101. The van der Waals surface area contributed by atoms with E-state index < -0.39 is 17.7 Å². The fourth-order valence-corrected chi connectivity index (χ4v) is 5.12. The number of ketones is 1. The number of thiazole rings is 1. The first-order valence-corrected chi connectivity index (χ1v) is 12.5. The molecule has 4 rings (SSSR count). The van der Waals surface area contributed by atoms with Crippen LogP contribution >= 0.6 is 11.3 Å². The highest BCUT2D eigenvalue weighted by Crippen LogP contribution is 2.41. The SMILES string of the molecule is Cc1cccc(C2C(C(=O)c3sc(C)nc3C)=C(O)C(=O)N2Cc2ccc(OCC(C)C)cc2)c1. The van der Waals surface area contributed by atoms with Crippen molar-refractivity contribution in [2.24, 2.45) is 5.92 Å². The van der Waals surface area contributed by atoms with Gasteiger partial charge in [-0.3, -0.25) is 9.59 Å². The van der Waals surface area contributed by atoms with Crippen LogP contribution in [0.15, 0.2) is 59.9 Å². The third kappa shape index (κ3) is 5.15.